The van der Waals surface area contributed by atoms with Crippen LogP contribution < -0.4 is 5.32 Å². The molecule has 0 bridgehead atoms. The van der Waals surface area contributed by atoms with Gasteiger partial charge in [-0.15, -0.1) is 0 Å². The molecule has 2 fully saturated rings. The average molecular weight is 242 g/mol. The molecule has 1 heterocycles. The van der Waals surface area contributed by atoms with Gasteiger partial charge >= 0.3 is 0 Å². The van der Waals surface area contributed by atoms with Crippen LogP contribution in [0.1, 0.15) is 18.4 Å². The Morgan fingerprint density at radius 2 is 2.00 bits per heavy atom. The molecule has 2 aliphatic rings. The van der Waals surface area contributed by atoms with E-state index in [1.54, 1.807) is 0 Å². The fraction of sp³-hybridized carbons (Fsp3) is 0.500. The smallest absolute Gasteiger partial charge is 0.0379 e. The highest BCUT2D eigenvalue weighted by atomic mass is 15.2. The van der Waals surface area contributed by atoms with Gasteiger partial charge in [-0.1, -0.05) is 42.5 Å². The first kappa shape index (κ1) is 11.9. The maximum absolute atomic E-state index is 3.59. The molecule has 0 radical (unpaired) electrons. The van der Waals surface area contributed by atoms with Crippen LogP contribution in [0.15, 0.2) is 42.5 Å². The monoisotopic (exact) mass is 242 g/mol. The number of benzene rings is 1. The van der Waals surface area contributed by atoms with Crippen molar-refractivity contribution in [3.63, 3.8) is 0 Å². The Labute approximate surface area is 110 Å². The van der Waals surface area contributed by atoms with E-state index in [1.165, 1.54) is 18.4 Å². The number of nitrogens with one attached hydrogen (secondary N) is 1. The number of hydrogen-bond acceptors (Lipinski definition) is 2. The third-order valence-corrected chi connectivity index (χ3v) is 3.78. The Balaban J connectivity index is 1.53. The highest BCUT2D eigenvalue weighted by Crippen LogP contribution is 2.30. The summed E-state index contributed by atoms with van der Waals surface area (Å²) in [4.78, 5) is 2.55. The molecular formula is C16H22N2. The van der Waals surface area contributed by atoms with Gasteiger partial charge in [0.25, 0.3) is 0 Å². The Morgan fingerprint density at radius 1 is 1.17 bits per heavy atom. The third kappa shape index (κ3) is 3.44. The number of hydrogen-bond donors (Lipinski definition) is 1. The summed E-state index contributed by atoms with van der Waals surface area (Å²) in [7, 11) is 0. The van der Waals surface area contributed by atoms with E-state index in [-0.39, 0.29) is 0 Å². The van der Waals surface area contributed by atoms with Gasteiger partial charge in [0.1, 0.15) is 0 Å². The van der Waals surface area contributed by atoms with Crippen LogP contribution in [-0.2, 0) is 6.54 Å². The van der Waals surface area contributed by atoms with Crippen LogP contribution in [0.3, 0.4) is 0 Å². The summed E-state index contributed by atoms with van der Waals surface area (Å²) < 4.78 is 0. The highest BCUT2D eigenvalue weighted by molar-refractivity contribution is 5.15. The van der Waals surface area contributed by atoms with Gasteiger partial charge in [0.15, 0.2) is 0 Å². The molecule has 2 heteroatoms. The quantitative estimate of drug-likeness (QED) is 0.816. The van der Waals surface area contributed by atoms with Crippen molar-refractivity contribution < 1.29 is 0 Å². The molecule has 3 rings (SSSR count). The van der Waals surface area contributed by atoms with Gasteiger partial charge in [-0.2, -0.15) is 0 Å². The van der Waals surface area contributed by atoms with Crippen molar-refractivity contribution in [3.8, 4) is 0 Å². The molecule has 0 aromatic heterocycles. The molecule has 1 aromatic carbocycles. The van der Waals surface area contributed by atoms with Crippen LogP contribution in [-0.4, -0.2) is 30.6 Å². The molecule has 0 amide bonds. The molecule has 96 valence electrons. The van der Waals surface area contributed by atoms with Crippen LogP contribution >= 0.6 is 0 Å². The SMILES string of the molecule is C(=C[C@@H]1CN(Cc2ccccc2)CCN1)C1CC1. The molecule has 1 saturated carbocycles. The average Bonchev–Trinajstić information content (AvgIpc) is 3.22. The van der Waals surface area contributed by atoms with Crippen LogP contribution in [0.4, 0.5) is 0 Å². The molecular weight excluding hydrogens is 220 g/mol. The molecule has 18 heavy (non-hydrogen) atoms. The second-order valence-corrected chi connectivity index (χ2v) is 5.50. The molecule has 1 atom stereocenters. The zero-order valence-electron chi connectivity index (χ0n) is 10.9. The molecule has 1 saturated heterocycles. The number of piperazine rings is 1. The molecule has 1 N–H and O–H groups in total. The second-order valence-electron chi connectivity index (χ2n) is 5.50. The molecule has 1 aliphatic heterocycles. The Hall–Kier alpha value is -1.12. The summed E-state index contributed by atoms with van der Waals surface area (Å²) >= 11 is 0. The van der Waals surface area contributed by atoms with E-state index < -0.39 is 0 Å². The zero-order chi connectivity index (χ0) is 12.2. The van der Waals surface area contributed by atoms with Crippen LogP contribution in [0.25, 0.3) is 0 Å². The van der Waals surface area contributed by atoms with Crippen molar-refractivity contribution in [3.05, 3.63) is 48.0 Å². The van der Waals surface area contributed by atoms with E-state index in [9.17, 15) is 0 Å². The minimum absolute atomic E-state index is 0.545. The van der Waals surface area contributed by atoms with E-state index >= 15 is 0 Å². The van der Waals surface area contributed by atoms with Gasteiger partial charge < -0.3 is 5.32 Å². The van der Waals surface area contributed by atoms with Crippen LogP contribution in [0.2, 0.25) is 0 Å². The fourth-order valence-electron chi connectivity index (χ4n) is 2.54. The minimum Gasteiger partial charge on any atom is -0.308 e. The fourth-order valence-corrected chi connectivity index (χ4v) is 2.54. The summed E-state index contributed by atoms with van der Waals surface area (Å²) in [5.74, 6) is 0.885. The lowest BCUT2D eigenvalue weighted by Crippen LogP contribution is -2.49. The summed E-state index contributed by atoms with van der Waals surface area (Å²) in [6.07, 6.45) is 7.59. The number of nitrogens with zero attached hydrogens (tertiary/aromatic N) is 1. The van der Waals surface area contributed by atoms with Crippen molar-refractivity contribution in [2.24, 2.45) is 5.92 Å². The topological polar surface area (TPSA) is 15.3 Å². The highest BCUT2D eigenvalue weighted by Gasteiger charge is 2.20. The Morgan fingerprint density at radius 3 is 2.78 bits per heavy atom. The summed E-state index contributed by atoms with van der Waals surface area (Å²) in [5, 5.41) is 3.59. The first-order valence-corrected chi connectivity index (χ1v) is 7.08. The molecule has 0 spiro atoms. The first-order chi connectivity index (χ1) is 8.90. The lowest BCUT2D eigenvalue weighted by atomic mass is 10.1. The number of allylic oxidation sites excluding steroid dienone is 1. The summed E-state index contributed by atoms with van der Waals surface area (Å²) in [6.45, 7) is 4.48. The number of rotatable bonds is 4. The second kappa shape index (κ2) is 5.68. The van der Waals surface area contributed by atoms with Crippen LogP contribution in [0, 0.1) is 5.92 Å². The van der Waals surface area contributed by atoms with Gasteiger partial charge in [0.2, 0.25) is 0 Å². The van der Waals surface area contributed by atoms with Crippen molar-refractivity contribution in [2.75, 3.05) is 19.6 Å². The summed E-state index contributed by atoms with van der Waals surface area (Å²) in [6, 6.07) is 11.3. The van der Waals surface area contributed by atoms with Crippen LogP contribution in [0.5, 0.6) is 0 Å². The largest absolute Gasteiger partial charge is 0.308 e. The predicted octanol–water partition coefficient (Wildman–Crippen LogP) is 2.43. The van der Waals surface area contributed by atoms with Gasteiger partial charge in [0, 0.05) is 32.2 Å². The standard InChI is InChI=1S/C16H22N2/c1-2-4-15(5-3-1)12-18-11-10-17-16(13-18)9-8-14-6-7-14/h1-5,8-9,14,16-17H,6-7,10-13H2/t16-/m1/s1. The molecule has 2 nitrogen and oxygen atoms in total. The van der Waals surface area contributed by atoms with E-state index in [1.807, 2.05) is 0 Å². The maximum Gasteiger partial charge on any atom is 0.0379 e. The normalized spacial score (nSPS) is 25.7. The van der Waals surface area contributed by atoms with Gasteiger partial charge in [-0.05, 0) is 24.3 Å². The van der Waals surface area contributed by atoms with Crippen molar-refractivity contribution >= 4 is 0 Å². The Bertz CT molecular complexity index is 395. The van der Waals surface area contributed by atoms with E-state index in [0.29, 0.717) is 6.04 Å². The zero-order valence-corrected chi connectivity index (χ0v) is 10.9. The Kier molecular flexibility index (Phi) is 3.77. The van der Waals surface area contributed by atoms with Crippen molar-refractivity contribution in [2.45, 2.75) is 25.4 Å². The lowest BCUT2D eigenvalue weighted by Gasteiger charge is -2.32. The van der Waals surface area contributed by atoms with Gasteiger partial charge in [-0.25, -0.2) is 0 Å². The molecule has 0 unspecified atom stereocenters. The van der Waals surface area contributed by atoms with E-state index in [4.69, 9.17) is 0 Å². The molecule has 1 aliphatic carbocycles. The van der Waals surface area contributed by atoms with Gasteiger partial charge in [0.05, 0.1) is 0 Å². The lowest BCUT2D eigenvalue weighted by molar-refractivity contribution is 0.209. The third-order valence-electron chi connectivity index (χ3n) is 3.78. The van der Waals surface area contributed by atoms with Crippen molar-refractivity contribution in [1.29, 1.82) is 0 Å². The van der Waals surface area contributed by atoms with Crippen molar-refractivity contribution in [1.82, 2.24) is 10.2 Å². The molecule has 1 aromatic rings. The predicted molar refractivity (Wildman–Crippen MR) is 75.4 cm³/mol. The van der Waals surface area contributed by atoms with E-state index in [0.717, 1.165) is 32.1 Å². The first-order valence-electron chi connectivity index (χ1n) is 7.08. The summed E-state index contributed by atoms with van der Waals surface area (Å²) in [5.41, 5.74) is 1.42. The van der Waals surface area contributed by atoms with Gasteiger partial charge in [-0.3, -0.25) is 4.90 Å². The minimum atomic E-state index is 0.545. The maximum atomic E-state index is 3.59. The van der Waals surface area contributed by atoms with E-state index in [2.05, 4.69) is 52.7 Å².